The van der Waals surface area contributed by atoms with Crippen molar-refractivity contribution >= 4 is 5.69 Å². The average Bonchev–Trinajstić information content (AvgIpc) is 2.47. The van der Waals surface area contributed by atoms with Gasteiger partial charge in [-0.3, -0.25) is 0 Å². The van der Waals surface area contributed by atoms with Crippen LogP contribution in [0.25, 0.3) is 0 Å². The number of anilines is 1. The van der Waals surface area contributed by atoms with Crippen LogP contribution in [0.4, 0.5) is 5.69 Å². The second-order valence-corrected chi connectivity index (χ2v) is 5.01. The van der Waals surface area contributed by atoms with Crippen LogP contribution in [-0.4, -0.2) is 5.11 Å². The number of hydrogen-bond acceptors (Lipinski definition) is 2. The van der Waals surface area contributed by atoms with Crippen LogP contribution in [0.1, 0.15) is 50.5 Å². The third kappa shape index (κ3) is 2.16. The molecule has 1 aromatic carbocycles. The van der Waals surface area contributed by atoms with E-state index in [2.05, 4.69) is 6.92 Å². The number of benzene rings is 1. The van der Waals surface area contributed by atoms with Crippen molar-refractivity contribution in [3.05, 3.63) is 23.8 Å². The van der Waals surface area contributed by atoms with E-state index in [9.17, 15) is 5.11 Å². The van der Waals surface area contributed by atoms with E-state index < -0.39 is 0 Å². The molecule has 2 rings (SSSR count). The molecule has 0 heterocycles. The maximum atomic E-state index is 10.0. The lowest BCUT2D eigenvalue weighted by atomic mass is 9.83. The van der Waals surface area contributed by atoms with Crippen molar-refractivity contribution in [1.29, 1.82) is 0 Å². The van der Waals surface area contributed by atoms with Crippen molar-refractivity contribution in [2.24, 2.45) is 5.92 Å². The SMILES string of the molecule is CC1CCCCCC1c1cccc(N)c1O. The summed E-state index contributed by atoms with van der Waals surface area (Å²) >= 11 is 0. The summed E-state index contributed by atoms with van der Waals surface area (Å²) in [6.45, 7) is 2.29. The predicted octanol–water partition coefficient (Wildman–Crippen LogP) is 3.66. The van der Waals surface area contributed by atoms with E-state index in [1.54, 1.807) is 6.07 Å². The second kappa shape index (κ2) is 4.77. The standard InChI is InChI=1S/C14H21NO/c1-10-6-3-2-4-7-11(10)12-8-5-9-13(15)14(12)16/h5,8-11,16H,2-4,6-7,15H2,1H3. The molecule has 0 amide bonds. The van der Waals surface area contributed by atoms with Crippen molar-refractivity contribution in [3.8, 4) is 5.75 Å². The zero-order chi connectivity index (χ0) is 11.5. The summed E-state index contributed by atoms with van der Waals surface area (Å²) in [5.41, 5.74) is 7.32. The highest BCUT2D eigenvalue weighted by Crippen LogP contribution is 2.41. The highest BCUT2D eigenvalue weighted by Gasteiger charge is 2.24. The Morgan fingerprint density at radius 3 is 2.75 bits per heavy atom. The fourth-order valence-corrected chi connectivity index (χ4v) is 2.83. The van der Waals surface area contributed by atoms with E-state index >= 15 is 0 Å². The first-order valence-corrected chi connectivity index (χ1v) is 6.27. The largest absolute Gasteiger partial charge is 0.505 e. The minimum Gasteiger partial charge on any atom is -0.505 e. The molecule has 16 heavy (non-hydrogen) atoms. The molecule has 2 nitrogen and oxygen atoms in total. The molecule has 88 valence electrons. The monoisotopic (exact) mass is 219 g/mol. The first-order valence-electron chi connectivity index (χ1n) is 6.27. The summed E-state index contributed by atoms with van der Waals surface area (Å²) in [7, 11) is 0. The Kier molecular flexibility index (Phi) is 3.37. The molecule has 0 saturated heterocycles. The topological polar surface area (TPSA) is 46.2 Å². The maximum Gasteiger partial charge on any atom is 0.141 e. The molecule has 0 bridgehead atoms. The Hall–Kier alpha value is -1.18. The number of nitrogen functional groups attached to an aromatic ring is 1. The number of rotatable bonds is 1. The molecule has 1 aliphatic rings. The first-order chi connectivity index (χ1) is 7.70. The molecule has 0 radical (unpaired) electrons. The van der Waals surface area contributed by atoms with Gasteiger partial charge in [-0.2, -0.15) is 0 Å². The van der Waals surface area contributed by atoms with E-state index in [-0.39, 0.29) is 0 Å². The van der Waals surface area contributed by atoms with E-state index in [4.69, 9.17) is 5.73 Å². The van der Waals surface area contributed by atoms with E-state index in [0.29, 0.717) is 23.3 Å². The van der Waals surface area contributed by atoms with Crippen molar-refractivity contribution in [2.75, 3.05) is 5.73 Å². The van der Waals surface area contributed by atoms with Gasteiger partial charge in [0.15, 0.2) is 0 Å². The molecule has 2 atom stereocenters. The van der Waals surface area contributed by atoms with Gasteiger partial charge in [0, 0.05) is 0 Å². The quantitative estimate of drug-likeness (QED) is 0.430. The van der Waals surface area contributed by atoms with Crippen LogP contribution in [-0.2, 0) is 0 Å². The fourth-order valence-electron chi connectivity index (χ4n) is 2.83. The summed E-state index contributed by atoms with van der Waals surface area (Å²) in [6.07, 6.45) is 6.35. The number of hydrogen-bond donors (Lipinski definition) is 2. The van der Waals surface area contributed by atoms with E-state index in [1.807, 2.05) is 12.1 Å². The highest BCUT2D eigenvalue weighted by molar-refractivity contribution is 5.56. The second-order valence-electron chi connectivity index (χ2n) is 5.01. The van der Waals surface area contributed by atoms with Crippen LogP contribution in [0.3, 0.4) is 0 Å². The minimum atomic E-state index is 0.307. The summed E-state index contributed by atoms with van der Waals surface area (Å²) < 4.78 is 0. The summed E-state index contributed by atoms with van der Waals surface area (Å²) in [4.78, 5) is 0. The molecular weight excluding hydrogens is 198 g/mol. The lowest BCUT2D eigenvalue weighted by Crippen LogP contribution is -2.08. The van der Waals surface area contributed by atoms with Crippen molar-refractivity contribution in [3.63, 3.8) is 0 Å². The van der Waals surface area contributed by atoms with Crippen LogP contribution < -0.4 is 5.73 Å². The Labute approximate surface area is 97.5 Å². The normalized spacial score (nSPS) is 26.3. The zero-order valence-electron chi connectivity index (χ0n) is 9.95. The number of aromatic hydroxyl groups is 1. The number of nitrogens with two attached hydrogens (primary N) is 1. The molecular formula is C14H21NO. The molecule has 3 N–H and O–H groups in total. The van der Waals surface area contributed by atoms with Crippen LogP contribution in [0.15, 0.2) is 18.2 Å². The van der Waals surface area contributed by atoms with Crippen LogP contribution in [0, 0.1) is 5.92 Å². The Bertz CT molecular complexity index is 362. The zero-order valence-corrected chi connectivity index (χ0v) is 9.95. The van der Waals surface area contributed by atoms with Gasteiger partial charge in [-0.25, -0.2) is 0 Å². The molecule has 2 heteroatoms. The third-order valence-electron chi connectivity index (χ3n) is 3.86. The summed E-state index contributed by atoms with van der Waals surface area (Å²) in [6, 6.07) is 5.74. The van der Waals surface area contributed by atoms with Crippen molar-refractivity contribution in [2.45, 2.75) is 44.9 Å². The average molecular weight is 219 g/mol. The summed E-state index contributed by atoms with van der Waals surface area (Å²) in [5.74, 6) is 1.43. The van der Waals surface area contributed by atoms with E-state index in [1.165, 1.54) is 32.1 Å². The number of phenols is 1. The minimum absolute atomic E-state index is 0.307. The van der Waals surface area contributed by atoms with Gasteiger partial charge < -0.3 is 10.8 Å². The van der Waals surface area contributed by atoms with Gasteiger partial charge >= 0.3 is 0 Å². The van der Waals surface area contributed by atoms with Crippen LogP contribution in [0.2, 0.25) is 0 Å². The number of para-hydroxylation sites is 1. The lowest BCUT2D eigenvalue weighted by molar-refractivity contribution is 0.406. The third-order valence-corrected chi connectivity index (χ3v) is 3.86. The molecule has 0 aliphatic heterocycles. The predicted molar refractivity (Wildman–Crippen MR) is 67.5 cm³/mol. The van der Waals surface area contributed by atoms with E-state index in [0.717, 1.165) is 5.56 Å². The molecule has 1 saturated carbocycles. The number of phenolic OH excluding ortho intramolecular Hbond substituents is 1. The van der Waals surface area contributed by atoms with Gasteiger partial charge in [0.1, 0.15) is 5.75 Å². The Balaban J connectivity index is 2.30. The lowest BCUT2D eigenvalue weighted by Gasteiger charge is -2.23. The Morgan fingerprint density at radius 1 is 1.19 bits per heavy atom. The molecule has 0 aromatic heterocycles. The molecule has 1 fully saturated rings. The van der Waals surface area contributed by atoms with Gasteiger partial charge in [0.2, 0.25) is 0 Å². The fraction of sp³-hybridized carbons (Fsp3) is 0.571. The molecule has 2 unspecified atom stereocenters. The molecule has 1 aromatic rings. The highest BCUT2D eigenvalue weighted by atomic mass is 16.3. The maximum absolute atomic E-state index is 10.0. The van der Waals surface area contributed by atoms with Crippen molar-refractivity contribution < 1.29 is 5.11 Å². The van der Waals surface area contributed by atoms with Gasteiger partial charge in [-0.15, -0.1) is 0 Å². The van der Waals surface area contributed by atoms with Crippen molar-refractivity contribution in [1.82, 2.24) is 0 Å². The van der Waals surface area contributed by atoms with Gasteiger partial charge in [-0.05, 0) is 29.9 Å². The van der Waals surface area contributed by atoms with Crippen LogP contribution in [0.5, 0.6) is 5.75 Å². The molecule has 0 spiro atoms. The molecule has 1 aliphatic carbocycles. The smallest absolute Gasteiger partial charge is 0.141 e. The Morgan fingerprint density at radius 2 is 1.94 bits per heavy atom. The first kappa shape index (κ1) is 11.3. The van der Waals surface area contributed by atoms with Gasteiger partial charge in [0.25, 0.3) is 0 Å². The summed E-state index contributed by atoms with van der Waals surface area (Å²) in [5, 5.41) is 10.0. The van der Waals surface area contributed by atoms with Crippen LogP contribution >= 0.6 is 0 Å². The van der Waals surface area contributed by atoms with Gasteiger partial charge in [0.05, 0.1) is 5.69 Å². The van der Waals surface area contributed by atoms with Gasteiger partial charge in [-0.1, -0.05) is 44.7 Å².